The van der Waals surface area contributed by atoms with Gasteiger partial charge in [0.2, 0.25) is 0 Å². The first-order valence-electron chi connectivity index (χ1n) is 7.17. The highest BCUT2D eigenvalue weighted by Crippen LogP contribution is 2.13. The number of sulfone groups is 1. The molecule has 1 aromatic rings. The molecular formula is C15H20N2O6S. The maximum absolute atomic E-state index is 12.1. The Morgan fingerprint density at radius 2 is 1.75 bits per heavy atom. The van der Waals surface area contributed by atoms with E-state index in [1.165, 1.54) is 26.1 Å². The molecule has 0 aromatic heterocycles. The second-order valence-corrected chi connectivity index (χ2v) is 7.19. The molecule has 0 saturated heterocycles. The van der Waals surface area contributed by atoms with Crippen molar-refractivity contribution < 1.29 is 27.5 Å². The van der Waals surface area contributed by atoms with Crippen molar-refractivity contribution in [3.8, 4) is 0 Å². The van der Waals surface area contributed by atoms with Crippen LogP contribution in [-0.2, 0) is 24.2 Å². The van der Waals surface area contributed by atoms with Crippen molar-refractivity contribution in [1.82, 2.24) is 10.6 Å². The number of rotatable bonds is 6. The molecule has 0 spiro atoms. The monoisotopic (exact) mass is 356 g/mol. The van der Waals surface area contributed by atoms with E-state index in [1.807, 2.05) is 12.2 Å². The zero-order chi connectivity index (χ0) is 18.3. The summed E-state index contributed by atoms with van der Waals surface area (Å²) in [4.78, 5) is 34.3. The van der Waals surface area contributed by atoms with Gasteiger partial charge in [-0.2, -0.15) is 0 Å². The second kappa shape index (κ2) is 8.44. The normalized spacial score (nSPS) is 12.1. The number of esters is 1. The van der Waals surface area contributed by atoms with Gasteiger partial charge in [0.15, 0.2) is 15.9 Å². The molecule has 1 rings (SSSR count). The Morgan fingerprint density at radius 1 is 1.17 bits per heavy atom. The number of urea groups is 1. The first-order valence-corrected chi connectivity index (χ1v) is 8.82. The molecule has 2 N–H and O–H groups in total. The average Bonchev–Trinajstić information content (AvgIpc) is 2.53. The van der Waals surface area contributed by atoms with Crippen molar-refractivity contribution in [2.24, 2.45) is 0 Å². The van der Waals surface area contributed by atoms with Gasteiger partial charge in [0.1, 0.15) is 0 Å². The van der Waals surface area contributed by atoms with Gasteiger partial charge in [0.05, 0.1) is 17.1 Å². The molecule has 0 aliphatic carbocycles. The van der Waals surface area contributed by atoms with Crippen molar-refractivity contribution in [3.63, 3.8) is 0 Å². The van der Waals surface area contributed by atoms with Gasteiger partial charge in [-0.05, 0) is 26.0 Å². The van der Waals surface area contributed by atoms with Crippen LogP contribution in [0.5, 0.6) is 0 Å². The van der Waals surface area contributed by atoms with Crippen molar-refractivity contribution >= 4 is 27.7 Å². The van der Waals surface area contributed by atoms with Crippen LogP contribution in [0.3, 0.4) is 0 Å². The number of benzene rings is 1. The van der Waals surface area contributed by atoms with E-state index in [4.69, 9.17) is 4.74 Å². The minimum atomic E-state index is -3.62. The fourth-order valence-electron chi connectivity index (χ4n) is 1.67. The van der Waals surface area contributed by atoms with Crippen LogP contribution in [0.2, 0.25) is 0 Å². The lowest BCUT2D eigenvalue weighted by molar-refractivity contribution is -0.154. The molecule has 9 heteroatoms. The molecule has 0 saturated carbocycles. The van der Waals surface area contributed by atoms with E-state index in [0.717, 1.165) is 5.56 Å². The van der Waals surface area contributed by atoms with E-state index < -0.39 is 46.0 Å². The quantitative estimate of drug-likeness (QED) is 0.719. The number of aryl methyl sites for hydroxylation is 1. The summed E-state index contributed by atoms with van der Waals surface area (Å²) >= 11 is 0. The van der Waals surface area contributed by atoms with Crippen LogP contribution in [0.1, 0.15) is 18.9 Å². The number of hydrogen-bond acceptors (Lipinski definition) is 6. The van der Waals surface area contributed by atoms with E-state index in [2.05, 4.69) is 5.32 Å². The maximum Gasteiger partial charge on any atom is 0.321 e. The summed E-state index contributed by atoms with van der Waals surface area (Å²) in [5.41, 5.74) is 0.921. The van der Waals surface area contributed by atoms with E-state index >= 15 is 0 Å². The summed E-state index contributed by atoms with van der Waals surface area (Å²) in [6.45, 7) is 3.11. The molecule has 0 heterocycles. The number of amides is 3. The summed E-state index contributed by atoms with van der Waals surface area (Å²) in [5.74, 6) is -2.08. The third-order valence-corrected chi connectivity index (χ3v) is 4.83. The molecular weight excluding hydrogens is 336 g/mol. The van der Waals surface area contributed by atoms with Gasteiger partial charge in [-0.1, -0.05) is 17.7 Å². The molecule has 1 atom stereocenters. The molecule has 1 aromatic carbocycles. The van der Waals surface area contributed by atoms with Gasteiger partial charge >= 0.3 is 12.0 Å². The number of nitrogens with one attached hydrogen (secondary N) is 2. The van der Waals surface area contributed by atoms with E-state index in [1.54, 1.807) is 12.1 Å². The third-order valence-electron chi connectivity index (χ3n) is 3.10. The van der Waals surface area contributed by atoms with E-state index in [9.17, 15) is 22.8 Å². The highest BCUT2D eigenvalue weighted by molar-refractivity contribution is 7.91. The lowest BCUT2D eigenvalue weighted by Gasteiger charge is -2.12. The van der Waals surface area contributed by atoms with Crippen molar-refractivity contribution in [1.29, 1.82) is 0 Å². The van der Waals surface area contributed by atoms with Gasteiger partial charge in [-0.3, -0.25) is 14.9 Å². The highest BCUT2D eigenvalue weighted by Gasteiger charge is 2.22. The molecule has 0 aliphatic heterocycles. The van der Waals surface area contributed by atoms with Crippen LogP contribution in [0.4, 0.5) is 4.79 Å². The van der Waals surface area contributed by atoms with Gasteiger partial charge in [0.25, 0.3) is 5.91 Å². The lowest BCUT2D eigenvalue weighted by atomic mass is 10.2. The lowest BCUT2D eigenvalue weighted by Crippen LogP contribution is -2.43. The summed E-state index contributed by atoms with van der Waals surface area (Å²) in [5, 5.41) is 4.13. The number of carbonyl (C=O) groups is 3. The fourth-order valence-corrected chi connectivity index (χ4v) is 2.89. The summed E-state index contributed by atoms with van der Waals surface area (Å²) in [6, 6.07) is 5.53. The van der Waals surface area contributed by atoms with Gasteiger partial charge in [-0.25, -0.2) is 13.2 Å². The summed E-state index contributed by atoms with van der Waals surface area (Å²) < 4.78 is 29.0. The van der Waals surface area contributed by atoms with Crippen LogP contribution in [0.15, 0.2) is 29.2 Å². The standard InChI is InChI=1S/C15H20N2O6S/c1-10-4-6-12(7-5-10)24(21,22)9-8-13(18)23-11(2)14(19)17-15(20)16-3/h4-7,11H,8-9H2,1-3H3,(H2,16,17,19,20)/t11-/m0/s1. The number of hydrogen-bond donors (Lipinski definition) is 2. The number of imide groups is 1. The highest BCUT2D eigenvalue weighted by atomic mass is 32.2. The molecule has 132 valence electrons. The topological polar surface area (TPSA) is 119 Å². The SMILES string of the molecule is CNC(=O)NC(=O)[C@H](C)OC(=O)CCS(=O)(=O)c1ccc(C)cc1. The Bertz CT molecular complexity index is 712. The molecule has 0 fully saturated rings. The Kier molecular flexibility index (Phi) is 6.90. The van der Waals surface area contributed by atoms with Crippen LogP contribution in [0.25, 0.3) is 0 Å². The molecule has 0 aliphatic rings. The molecule has 3 amide bonds. The molecule has 24 heavy (non-hydrogen) atoms. The van der Waals surface area contributed by atoms with Gasteiger partial charge in [-0.15, -0.1) is 0 Å². The van der Waals surface area contributed by atoms with Crippen LogP contribution < -0.4 is 10.6 Å². The minimum absolute atomic E-state index is 0.117. The Hall–Kier alpha value is -2.42. The number of carbonyl (C=O) groups excluding carboxylic acids is 3. The zero-order valence-corrected chi connectivity index (χ0v) is 14.5. The fraction of sp³-hybridized carbons (Fsp3) is 0.400. The van der Waals surface area contributed by atoms with Crippen LogP contribution in [0, 0.1) is 6.92 Å². The largest absolute Gasteiger partial charge is 0.453 e. The summed E-state index contributed by atoms with van der Waals surface area (Å²) in [6.07, 6.45) is -1.61. The molecule has 0 bridgehead atoms. The maximum atomic E-state index is 12.1. The van der Waals surface area contributed by atoms with Gasteiger partial charge < -0.3 is 10.1 Å². The first-order chi connectivity index (χ1) is 11.2. The Balaban J connectivity index is 2.55. The van der Waals surface area contributed by atoms with E-state index in [-0.39, 0.29) is 4.90 Å². The Morgan fingerprint density at radius 3 is 2.29 bits per heavy atom. The van der Waals surface area contributed by atoms with Crippen molar-refractivity contribution in [3.05, 3.63) is 29.8 Å². The zero-order valence-electron chi connectivity index (χ0n) is 13.7. The van der Waals surface area contributed by atoms with Gasteiger partial charge in [0, 0.05) is 7.05 Å². The average molecular weight is 356 g/mol. The molecule has 0 radical (unpaired) electrons. The third kappa shape index (κ3) is 5.99. The van der Waals surface area contributed by atoms with Crippen molar-refractivity contribution in [2.75, 3.05) is 12.8 Å². The minimum Gasteiger partial charge on any atom is -0.453 e. The molecule has 8 nitrogen and oxygen atoms in total. The Labute approximate surface area is 140 Å². The predicted octanol–water partition coefficient (Wildman–Crippen LogP) is 0.546. The summed E-state index contributed by atoms with van der Waals surface area (Å²) in [7, 11) is -2.29. The number of ether oxygens (including phenoxy) is 1. The second-order valence-electron chi connectivity index (χ2n) is 5.08. The van der Waals surface area contributed by atoms with Crippen molar-refractivity contribution in [2.45, 2.75) is 31.3 Å². The smallest absolute Gasteiger partial charge is 0.321 e. The van der Waals surface area contributed by atoms with E-state index in [0.29, 0.717) is 0 Å². The molecule has 0 unspecified atom stereocenters. The first kappa shape index (κ1) is 19.6. The van der Waals surface area contributed by atoms with Crippen LogP contribution >= 0.6 is 0 Å². The van der Waals surface area contributed by atoms with Crippen LogP contribution in [-0.4, -0.2) is 45.2 Å². The predicted molar refractivity (Wildman–Crippen MR) is 86.0 cm³/mol.